The quantitative estimate of drug-likeness (QED) is 0.562. The van der Waals surface area contributed by atoms with Crippen LogP contribution >= 0.6 is 0 Å². The van der Waals surface area contributed by atoms with Gasteiger partial charge in [0.15, 0.2) is 6.10 Å². The first kappa shape index (κ1) is 18.5. The molecule has 1 aromatic rings. The molecule has 3 amide bonds. The van der Waals surface area contributed by atoms with Crippen LogP contribution in [-0.2, 0) is 9.53 Å². The fourth-order valence-electron chi connectivity index (χ4n) is 1.73. The number of rotatable bonds is 8. The first-order valence-electron chi connectivity index (χ1n) is 7.48. The SMILES string of the molecule is CCCCCOc1ccc(C(=O)O[C@@H](C)C(=O)NC(N)=O)cc1. The fourth-order valence-corrected chi connectivity index (χ4v) is 1.73. The summed E-state index contributed by atoms with van der Waals surface area (Å²) < 4.78 is 10.5. The lowest BCUT2D eigenvalue weighted by atomic mass is 10.2. The third kappa shape index (κ3) is 6.82. The number of ether oxygens (including phenoxy) is 2. The Bertz CT molecular complexity index is 542. The summed E-state index contributed by atoms with van der Waals surface area (Å²) >= 11 is 0. The molecule has 7 nitrogen and oxygen atoms in total. The summed E-state index contributed by atoms with van der Waals surface area (Å²) in [6, 6.07) is 5.43. The van der Waals surface area contributed by atoms with Gasteiger partial charge in [0.05, 0.1) is 12.2 Å². The monoisotopic (exact) mass is 322 g/mol. The first-order valence-corrected chi connectivity index (χ1v) is 7.48. The van der Waals surface area contributed by atoms with Crippen molar-refractivity contribution in [3.63, 3.8) is 0 Å². The summed E-state index contributed by atoms with van der Waals surface area (Å²) in [7, 11) is 0. The van der Waals surface area contributed by atoms with Crippen molar-refractivity contribution in [2.45, 2.75) is 39.2 Å². The average molecular weight is 322 g/mol. The Morgan fingerprint density at radius 1 is 1.17 bits per heavy atom. The molecule has 0 aliphatic carbocycles. The van der Waals surface area contributed by atoms with Gasteiger partial charge in [-0.1, -0.05) is 19.8 Å². The highest BCUT2D eigenvalue weighted by Gasteiger charge is 2.19. The number of amides is 3. The molecule has 0 heterocycles. The summed E-state index contributed by atoms with van der Waals surface area (Å²) in [6.45, 7) is 4.09. The van der Waals surface area contributed by atoms with Gasteiger partial charge >= 0.3 is 12.0 Å². The molecule has 23 heavy (non-hydrogen) atoms. The maximum Gasteiger partial charge on any atom is 0.338 e. The van der Waals surface area contributed by atoms with Crippen molar-refractivity contribution in [1.29, 1.82) is 0 Å². The molecule has 1 atom stereocenters. The molecular weight excluding hydrogens is 300 g/mol. The predicted octanol–water partition coefficient (Wildman–Crippen LogP) is 2.00. The molecule has 3 N–H and O–H groups in total. The number of imide groups is 1. The molecule has 126 valence electrons. The second-order valence-corrected chi connectivity index (χ2v) is 4.98. The lowest BCUT2D eigenvalue weighted by molar-refractivity contribution is -0.127. The zero-order chi connectivity index (χ0) is 17.2. The van der Waals surface area contributed by atoms with E-state index >= 15 is 0 Å². The van der Waals surface area contributed by atoms with E-state index in [1.54, 1.807) is 24.3 Å². The molecule has 0 saturated carbocycles. The highest BCUT2D eigenvalue weighted by Crippen LogP contribution is 2.14. The van der Waals surface area contributed by atoms with Crippen LogP contribution in [0.1, 0.15) is 43.5 Å². The van der Waals surface area contributed by atoms with Crippen LogP contribution in [0.25, 0.3) is 0 Å². The number of carbonyl (C=O) groups excluding carboxylic acids is 3. The van der Waals surface area contributed by atoms with Gasteiger partial charge < -0.3 is 15.2 Å². The summed E-state index contributed by atoms with van der Waals surface area (Å²) in [5.74, 6) is -0.784. The van der Waals surface area contributed by atoms with Crippen molar-refractivity contribution < 1.29 is 23.9 Å². The Kier molecular flexibility index (Phi) is 7.59. The molecular formula is C16H22N2O5. The molecule has 0 saturated heterocycles. The maximum atomic E-state index is 11.9. The highest BCUT2D eigenvalue weighted by atomic mass is 16.5. The van der Waals surface area contributed by atoms with Crippen LogP contribution in [0.4, 0.5) is 4.79 Å². The van der Waals surface area contributed by atoms with E-state index in [0.29, 0.717) is 12.4 Å². The number of nitrogens with two attached hydrogens (primary N) is 1. The minimum atomic E-state index is -1.13. The number of esters is 1. The van der Waals surface area contributed by atoms with E-state index in [4.69, 9.17) is 15.2 Å². The van der Waals surface area contributed by atoms with Crippen LogP contribution in [-0.4, -0.2) is 30.6 Å². The number of unbranched alkanes of at least 4 members (excludes halogenated alkanes) is 2. The van der Waals surface area contributed by atoms with E-state index in [1.165, 1.54) is 6.92 Å². The highest BCUT2D eigenvalue weighted by molar-refractivity contribution is 5.98. The van der Waals surface area contributed by atoms with E-state index in [2.05, 4.69) is 6.92 Å². The lowest BCUT2D eigenvalue weighted by Gasteiger charge is -2.12. The molecule has 0 bridgehead atoms. The van der Waals surface area contributed by atoms with Crippen LogP contribution in [0, 0.1) is 0 Å². The van der Waals surface area contributed by atoms with Gasteiger partial charge in [-0.15, -0.1) is 0 Å². The minimum Gasteiger partial charge on any atom is -0.494 e. The number of hydrogen-bond acceptors (Lipinski definition) is 5. The number of benzene rings is 1. The third-order valence-electron chi connectivity index (χ3n) is 3.01. The van der Waals surface area contributed by atoms with Crippen molar-refractivity contribution in [3.8, 4) is 5.75 Å². The summed E-state index contributed by atoms with van der Waals surface area (Å²) in [5.41, 5.74) is 5.11. The normalized spacial score (nSPS) is 11.4. The van der Waals surface area contributed by atoms with Crippen LogP contribution in [0.2, 0.25) is 0 Å². The van der Waals surface area contributed by atoms with Crippen molar-refractivity contribution in [3.05, 3.63) is 29.8 Å². The van der Waals surface area contributed by atoms with Gasteiger partial charge in [-0.05, 0) is 37.6 Å². The second-order valence-electron chi connectivity index (χ2n) is 4.98. The first-order chi connectivity index (χ1) is 10.9. The second kappa shape index (κ2) is 9.45. The zero-order valence-corrected chi connectivity index (χ0v) is 13.3. The predicted molar refractivity (Wildman–Crippen MR) is 84.1 cm³/mol. The number of nitrogens with one attached hydrogen (secondary N) is 1. The summed E-state index contributed by atoms with van der Waals surface area (Å²) in [5, 5.41) is 1.84. The van der Waals surface area contributed by atoms with Crippen LogP contribution in [0.3, 0.4) is 0 Å². The smallest absolute Gasteiger partial charge is 0.338 e. The van der Waals surface area contributed by atoms with E-state index in [0.717, 1.165) is 19.3 Å². The Labute approximate surface area is 135 Å². The van der Waals surface area contributed by atoms with Crippen molar-refractivity contribution >= 4 is 17.9 Å². The molecule has 1 aromatic carbocycles. The molecule has 0 fully saturated rings. The van der Waals surface area contributed by atoms with Gasteiger partial charge in [0, 0.05) is 0 Å². The number of hydrogen-bond donors (Lipinski definition) is 2. The Morgan fingerprint density at radius 3 is 2.39 bits per heavy atom. The molecule has 7 heteroatoms. The minimum absolute atomic E-state index is 0.282. The van der Waals surface area contributed by atoms with Gasteiger partial charge in [-0.3, -0.25) is 10.1 Å². The van der Waals surface area contributed by atoms with Crippen LogP contribution in [0.5, 0.6) is 5.75 Å². The number of primary amides is 1. The lowest BCUT2D eigenvalue weighted by Crippen LogP contribution is -2.42. The third-order valence-corrected chi connectivity index (χ3v) is 3.01. The summed E-state index contributed by atoms with van der Waals surface area (Å²) in [6.07, 6.45) is 2.08. The zero-order valence-electron chi connectivity index (χ0n) is 13.3. The Balaban J connectivity index is 2.50. The molecule has 0 spiro atoms. The van der Waals surface area contributed by atoms with Gasteiger partial charge in [0.2, 0.25) is 0 Å². The number of carbonyl (C=O) groups is 3. The van der Waals surface area contributed by atoms with Gasteiger partial charge in [-0.25, -0.2) is 9.59 Å². The van der Waals surface area contributed by atoms with Crippen molar-refractivity contribution in [1.82, 2.24) is 5.32 Å². The van der Waals surface area contributed by atoms with Crippen molar-refractivity contribution in [2.75, 3.05) is 6.61 Å². The molecule has 0 unspecified atom stereocenters. The van der Waals surface area contributed by atoms with Crippen molar-refractivity contribution in [2.24, 2.45) is 5.73 Å². The largest absolute Gasteiger partial charge is 0.494 e. The van der Waals surface area contributed by atoms with E-state index in [-0.39, 0.29) is 5.56 Å². The molecule has 0 aliphatic heterocycles. The Hall–Kier alpha value is -2.57. The molecule has 0 aliphatic rings. The fraction of sp³-hybridized carbons (Fsp3) is 0.438. The molecule has 0 radical (unpaired) electrons. The summed E-state index contributed by atoms with van der Waals surface area (Å²) in [4.78, 5) is 33.9. The number of urea groups is 1. The average Bonchev–Trinajstić information content (AvgIpc) is 2.51. The van der Waals surface area contributed by atoms with Crippen LogP contribution in [0.15, 0.2) is 24.3 Å². The van der Waals surface area contributed by atoms with Gasteiger partial charge in [0.1, 0.15) is 5.75 Å². The van der Waals surface area contributed by atoms with E-state index in [1.807, 2.05) is 5.32 Å². The Morgan fingerprint density at radius 2 is 1.83 bits per heavy atom. The van der Waals surface area contributed by atoms with Gasteiger partial charge in [0.25, 0.3) is 5.91 Å². The molecule has 0 aromatic heterocycles. The molecule has 1 rings (SSSR count). The maximum absolute atomic E-state index is 11.9. The topological polar surface area (TPSA) is 108 Å². The van der Waals surface area contributed by atoms with E-state index in [9.17, 15) is 14.4 Å². The van der Waals surface area contributed by atoms with Gasteiger partial charge in [-0.2, -0.15) is 0 Å². The van der Waals surface area contributed by atoms with Crippen LogP contribution < -0.4 is 15.8 Å². The van der Waals surface area contributed by atoms with E-state index < -0.39 is 24.0 Å². The standard InChI is InChI=1S/C16H22N2O5/c1-3-4-5-10-22-13-8-6-12(7-9-13)15(20)23-11(2)14(19)18-16(17)21/h6-9,11H,3-5,10H2,1-2H3,(H3,17,18,19,21)/t11-/m0/s1.